The van der Waals surface area contributed by atoms with Crippen LogP contribution in [0, 0.1) is 0 Å². The molecule has 2 heterocycles. The number of anilines is 3. The van der Waals surface area contributed by atoms with Crippen LogP contribution >= 0.6 is 11.3 Å². The number of aromatic nitrogens is 1. The molecule has 0 N–H and O–H groups in total. The van der Waals surface area contributed by atoms with E-state index in [1.54, 1.807) is 0 Å². The van der Waals surface area contributed by atoms with E-state index in [-0.39, 0.29) is 0 Å². The third kappa shape index (κ3) is 5.55. The fourth-order valence-corrected chi connectivity index (χ4v) is 10.4. The molecule has 0 radical (unpaired) electrons. The summed E-state index contributed by atoms with van der Waals surface area (Å²) in [5.74, 6) is 0. The number of fused-ring (bicyclic) bond motifs is 8. The largest absolute Gasteiger partial charge is 0.310 e. The van der Waals surface area contributed by atoms with Gasteiger partial charge >= 0.3 is 0 Å². The Morgan fingerprint density at radius 3 is 1.80 bits per heavy atom. The highest BCUT2D eigenvalue weighted by molar-refractivity contribution is 7.26. The van der Waals surface area contributed by atoms with Crippen LogP contribution in [0.1, 0.15) is 0 Å². The Morgan fingerprint density at radius 1 is 0.356 bits per heavy atom. The minimum Gasteiger partial charge on any atom is -0.310 e. The van der Waals surface area contributed by atoms with E-state index in [2.05, 4.69) is 228 Å². The number of hydrogen-bond donors (Lipinski definition) is 0. The van der Waals surface area contributed by atoms with Crippen molar-refractivity contribution in [2.45, 2.75) is 0 Å². The summed E-state index contributed by atoms with van der Waals surface area (Å²) >= 11 is 1.88. The van der Waals surface area contributed by atoms with Crippen LogP contribution < -0.4 is 4.90 Å². The molecule has 0 bridgehead atoms. The fraction of sp³-hybridized carbons (Fsp3) is 0. The third-order valence-electron chi connectivity index (χ3n) is 12.0. The summed E-state index contributed by atoms with van der Waals surface area (Å²) in [5, 5.41) is 10.1. The smallest absolute Gasteiger partial charge is 0.0541 e. The first-order chi connectivity index (χ1) is 29.2. The predicted octanol–water partition coefficient (Wildman–Crippen LogP) is 16.3. The van der Waals surface area contributed by atoms with E-state index in [1.165, 1.54) is 91.5 Å². The number of benzene rings is 10. The molecule has 3 heteroatoms. The van der Waals surface area contributed by atoms with Crippen LogP contribution in [-0.4, -0.2) is 4.57 Å². The van der Waals surface area contributed by atoms with Gasteiger partial charge in [0, 0.05) is 53.4 Å². The Bertz CT molecular complexity index is 3550. The number of para-hydroxylation sites is 1. The summed E-state index contributed by atoms with van der Waals surface area (Å²) in [7, 11) is 0. The highest BCUT2D eigenvalue weighted by Crippen LogP contribution is 2.43. The summed E-state index contributed by atoms with van der Waals surface area (Å²) < 4.78 is 5.06. The molecule has 0 saturated heterocycles. The Hall–Kier alpha value is -7.46. The van der Waals surface area contributed by atoms with Crippen LogP contribution in [-0.2, 0) is 0 Å². The number of nitrogens with zero attached hydrogens (tertiary/aromatic N) is 2. The monoisotopic (exact) mass is 768 g/mol. The van der Waals surface area contributed by atoms with Crippen molar-refractivity contribution in [1.29, 1.82) is 0 Å². The zero-order valence-corrected chi connectivity index (χ0v) is 32.9. The molecular formula is C56H36N2S. The summed E-state index contributed by atoms with van der Waals surface area (Å²) in [6, 6.07) is 79.9. The maximum Gasteiger partial charge on any atom is 0.0541 e. The lowest BCUT2D eigenvalue weighted by atomic mass is 10.0. The Kier molecular flexibility index (Phi) is 7.75. The molecule has 0 unspecified atom stereocenters. The maximum absolute atomic E-state index is 2.40. The molecule has 12 rings (SSSR count). The zero-order chi connectivity index (χ0) is 38.9. The van der Waals surface area contributed by atoms with Crippen LogP contribution in [0.25, 0.3) is 91.5 Å². The molecule has 59 heavy (non-hydrogen) atoms. The Balaban J connectivity index is 0.948. The van der Waals surface area contributed by atoms with Gasteiger partial charge in [-0.25, -0.2) is 0 Å². The molecule has 0 atom stereocenters. The summed E-state index contributed by atoms with van der Waals surface area (Å²) in [4.78, 5) is 2.40. The van der Waals surface area contributed by atoms with E-state index in [4.69, 9.17) is 0 Å². The number of thiophene rings is 1. The molecule has 0 fully saturated rings. The predicted molar refractivity (Wildman–Crippen MR) is 254 cm³/mol. The molecule has 2 nitrogen and oxygen atoms in total. The van der Waals surface area contributed by atoms with E-state index in [1.807, 2.05) is 11.3 Å². The van der Waals surface area contributed by atoms with Crippen molar-refractivity contribution >= 4 is 91.9 Å². The fourth-order valence-electron chi connectivity index (χ4n) is 9.14. The van der Waals surface area contributed by atoms with Crippen LogP contribution in [0.2, 0.25) is 0 Å². The highest BCUT2D eigenvalue weighted by Gasteiger charge is 2.18. The van der Waals surface area contributed by atoms with Crippen molar-refractivity contribution in [2.75, 3.05) is 4.90 Å². The quantitative estimate of drug-likeness (QED) is 0.164. The van der Waals surface area contributed by atoms with Gasteiger partial charge in [-0.1, -0.05) is 152 Å². The van der Waals surface area contributed by atoms with E-state index in [0.717, 1.165) is 17.1 Å². The van der Waals surface area contributed by atoms with Gasteiger partial charge in [-0.3, -0.25) is 0 Å². The van der Waals surface area contributed by atoms with Gasteiger partial charge in [0.15, 0.2) is 0 Å². The van der Waals surface area contributed by atoms with Crippen LogP contribution in [0.5, 0.6) is 0 Å². The number of rotatable bonds is 6. The molecule has 0 spiro atoms. The summed E-state index contributed by atoms with van der Waals surface area (Å²) in [6.07, 6.45) is 0. The van der Waals surface area contributed by atoms with E-state index in [0.29, 0.717) is 0 Å². The van der Waals surface area contributed by atoms with E-state index in [9.17, 15) is 0 Å². The number of hydrogen-bond acceptors (Lipinski definition) is 2. The van der Waals surface area contributed by atoms with Crippen molar-refractivity contribution in [2.24, 2.45) is 0 Å². The third-order valence-corrected chi connectivity index (χ3v) is 13.2. The van der Waals surface area contributed by atoms with Crippen LogP contribution in [0.15, 0.2) is 218 Å². The van der Waals surface area contributed by atoms with Crippen molar-refractivity contribution in [1.82, 2.24) is 4.57 Å². The minimum absolute atomic E-state index is 1.11. The van der Waals surface area contributed by atoms with Crippen molar-refractivity contribution < 1.29 is 0 Å². The second-order valence-corrected chi connectivity index (χ2v) is 16.4. The molecule has 0 aliphatic rings. The van der Waals surface area contributed by atoms with Gasteiger partial charge in [-0.15, -0.1) is 11.3 Å². The minimum atomic E-state index is 1.11. The molecule has 12 aromatic rings. The summed E-state index contributed by atoms with van der Waals surface area (Å²) in [6.45, 7) is 0. The average molecular weight is 769 g/mol. The lowest BCUT2D eigenvalue weighted by Crippen LogP contribution is -2.10. The molecule has 10 aromatic carbocycles. The SMILES string of the molecule is c1ccc2cc(-n3c4ccccc4c4cc(-c5ccc(N(c6ccc(-c7cccc8c7sc7ccccc78)cc6)c6cccc7ccccc67)cc5)ccc43)ccc2c1. The van der Waals surface area contributed by atoms with Gasteiger partial charge in [0.1, 0.15) is 0 Å². The van der Waals surface area contributed by atoms with Crippen LogP contribution in [0.3, 0.4) is 0 Å². The second-order valence-electron chi connectivity index (χ2n) is 15.3. The normalized spacial score (nSPS) is 11.7. The molecule has 0 saturated carbocycles. The molecule has 0 aliphatic carbocycles. The van der Waals surface area contributed by atoms with Crippen LogP contribution in [0.4, 0.5) is 17.1 Å². The van der Waals surface area contributed by atoms with E-state index >= 15 is 0 Å². The van der Waals surface area contributed by atoms with Gasteiger partial charge in [-0.05, 0) is 105 Å². The maximum atomic E-state index is 2.40. The van der Waals surface area contributed by atoms with Gasteiger partial charge in [0.05, 0.1) is 16.7 Å². The van der Waals surface area contributed by atoms with Gasteiger partial charge in [-0.2, -0.15) is 0 Å². The van der Waals surface area contributed by atoms with Gasteiger partial charge in [0.2, 0.25) is 0 Å². The Labute approximate surface area is 346 Å². The molecular weight excluding hydrogens is 733 g/mol. The average Bonchev–Trinajstić information content (AvgIpc) is 3.85. The molecule has 2 aromatic heterocycles. The van der Waals surface area contributed by atoms with Crippen molar-refractivity contribution in [3.05, 3.63) is 218 Å². The lowest BCUT2D eigenvalue weighted by Gasteiger charge is -2.27. The van der Waals surface area contributed by atoms with E-state index < -0.39 is 0 Å². The first kappa shape index (κ1) is 33.7. The van der Waals surface area contributed by atoms with Crippen molar-refractivity contribution in [3.63, 3.8) is 0 Å². The highest BCUT2D eigenvalue weighted by atomic mass is 32.1. The molecule has 0 amide bonds. The van der Waals surface area contributed by atoms with Gasteiger partial charge < -0.3 is 9.47 Å². The first-order valence-corrected chi connectivity index (χ1v) is 21.0. The lowest BCUT2D eigenvalue weighted by molar-refractivity contribution is 1.19. The van der Waals surface area contributed by atoms with Gasteiger partial charge in [0.25, 0.3) is 0 Å². The summed E-state index contributed by atoms with van der Waals surface area (Å²) in [5.41, 5.74) is 11.8. The first-order valence-electron chi connectivity index (χ1n) is 20.2. The zero-order valence-electron chi connectivity index (χ0n) is 32.1. The molecule has 276 valence electrons. The standard InChI is InChI=1S/C56H36N2S/c1-2-13-41-35-45(33-25-37(41)11-1)58-53-20-7-5-16-48(53)51-36-42(28-34-54(51)58)38-23-29-43(30-24-38)57(52-21-9-14-39-12-3-4-15-46(39)52)44-31-26-40(27-32-44)47-18-10-19-50-49-17-6-8-22-55(49)59-56(47)50/h1-36H. The Morgan fingerprint density at radius 2 is 0.966 bits per heavy atom. The second kappa shape index (κ2) is 13.6. The topological polar surface area (TPSA) is 8.17 Å². The van der Waals surface area contributed by atoms with Crippen molar-refractivity contribution in [3.8, 4) is 27.9 Å². The molecule has 0 aliphatic heterocycles.